The molecule has 1 aromatic heterocycles. The van der Waals surface area contributed by atoms with Gasteiger partial charge in [0, 0.05) is 12.1 Å². The average molecular weight is 280 g/mol. The van der Waals surface area contributed by atoms with Gasteiger partial charge in [-0.15, -0.1) is 0 Å². The van der Waals surface area contributed by atoms with Crippen LogP contribution in [0.2, 0.25) is 5.02 Å². The van der Waals surface area contributed by atoms with E-state index < -0.39 is 5.97 Å². The van der Waals surface area contributed by atoms with Crippen LogP contribution in [0.25, 0.3) is 0 Å². The van der Waals surface area contributed by atoms with Gasteiger partial charge in [0.15, 0.2) is 0 Å². The van der Waals surface area contributed by atoms with Crippen molar-refractivity contribution in [3.05, 3.63) is 52.4 Å². The second-order valence-electron chi connectivity index (χ2n) is 4.34. The molecule has 19 heavy (non-hydrogen) atoms. The maximum atomic E-state index is 11.2. The van der Waals surface area contributed by atoms with Crippen molar-refractivity contribution >= 4 is 23.3 Å². The molecule has 0 radical (unpaired) electrons. The minimum absolute atomic E-state index is 0.179. The highest BCUT2D eigenvalue weighted by Crippen LogP contribution is 2.25. The number of hydrogen-bond donors (Lipinski definition) is 1. The van der Waals surface area contributed by atoms with E-state index in [0.29, 0.717) is 17.3 Å². The van der Waals surface area contributed by atoms with Crippen molar-refractivity contribution < 1.29 is 14.3 Å². The van der Waals surface area contributed by atoms with Gasteiger partial charge in [-0.25, -0.2) is 4.79 Å². The number of nitrogens with zero attached hydrogens (tertiary/aromatic N) is 1. The van der Waals surface area contributed by atoms with Gasteiger partial charge >= 0.3 is 5.97 Å². The second-order valence-corrected chi connectivity index (χ2v) is 4.77. The lowest BCUT2D eigenvalue weighted by atomic mass is 10.1. The molecule has 5 heteroatoms. The highest BCUT2D eigenvalue weighted by atomic mass is 35.5. The van der Waals surface area contributed by atoms with Gasteiger partial charge < -0.3 is 14.4 Å². The minimum Gasteiger partial charge on any atom is -0.478 e. The molecule has 1 aromatic carbocycles. The molecule has 4 nitrogen and oxygen atoms in total. The second kappa shape index (κ2) is 5.36. The first-order chi connectivity index (χ1) is 8.97. The fraction of sp³-hybridized carbons (Fsp3) is 0.214. The van der Waals surface area contributed by atoms with E-state index in [1.54, 1.807) is 12.1 Å². The highest BCUT2D eigenvalue weighted by Gasteiger charge is 2.15. The maximum absolute atomic E-state index is 11.2. The molecule has 0 spiro atoms. The molecular formula is C14H14ClNO3. The summed E-state index contributed by atoms with van der Waals surface area (Å²) in [5, 5.41) is 9.61. The number of carboxylic acid groups (broad SMARTS) is 1. The van der Waals surface area contributed by atoms with Gasteiger partial charge in [-0.3, -0.25) is 0 Å². The molecule has 0 aliphatic heterocycles. The van der Waals surface area contributed by atoms with Gasteiger partial charge in [0.25, 0.3) is 0 Å². The van der Waals surface area contributed by atoms with E-state index in [4.69, 9.17) is 16.0 Å². The predicted octanol–water partition coefficient (Wildman–Crippen LogP) is 3.58. The van der Waals surface area contributed by atoms with Gasteiger partial charge in [-0.1, -0.05) is 11.6 Å². The molecule has 0 atom stereocenters. The SMILES string of the molecule is Cc1ccc(CN(C)c2ccc(Cl)cc2C(=O)O)o1. The average Bonchev–Trinajstić information content (AvgIpc) is 2.74. The Balaban J connectivity index is 2.28. The third-order valence-corrected chi connectivity index (χ3v) is 3.02. The third-order valence-electron chi connectivity index (χ3n) is 2.79. The molecule has 0 aliphatic rings. The van der Waals surface area contributed by atoms with Crippen LogP contribution >= 0.6 is 11.6 Å². The number of furan rings is 1. The van der Waals surface area contributed by atoms with E-state index >= 15 is 0 Å². The topological polar surface area (TPSA) is 53.7 Å². The summed E-state index contributed by atoms with van der Waals surface area (Å²) in [5.41, 5.74) is 0.782. The van der Waals surface area contributed by atoms with Crippen molar-refractivity contribution in [1.29, 1.82) is 0 Å². The Morgan fingerprint density at radius 1 is 1.37 bits per heavy atom. The number of carboxylic acids is 1. The molecule has 0 bridgehead atoms. The van der Waals surface area contributed by atoms with Crippen LogP contribution in [0.4, 0.5) is 5.69 Å². The van der Waals surface area contributed by atoms with Crippen molar-refractivity contribution in [1.82, 2.24) is 0 Å². The van der Waals surface area contributed by atoms with Crippen LogP contribution in [-0.2, 0) is 6.54 Å². The lowest BCUT2D eigenvalue weighted by Gasteiger charge is -2.20. The Kier molecular flexibility index (Phi) is 3.81. The van der Waals surface area contributed by atoms with Crippen molar-refractivity contribution in [3.63, 3.8) is 0 Å². The van der Waals surface area contributed by atoms with Crippen LogP contribution in [0.1, 0.15) is 21.9 Å². The maximum Gasteiger partial charge on any atom is 0.337 e. The van der Waals surface area contributed by atoms with E-state index in [1.807, 2.05) is 31.0 Å². The predicted molar refractivity (Wildman–Crippen MR) is 74.0 cm³/mol. The van der Waals surface area contributed by atoms with Crippen molar-refractivity contribution in [2.24, 2.45) is 0 Å². The fourth-order valence-corrected chi connectivity index (χ4v) is 2.07. The Labute approximate surface area is 116 Å². The van der Waals surface area contributed by atoms with Gasteiger partial charge in [0.05, 0.1) is 17.8 Å². The number of rotatable bonds is 4. The molecule has 0 unspecified atom stereocenters. The zero-order valence-electron chi connectivity index (χ0n) is 10.7. The zero-order chi connectivity index (χ0) is 14.0. The molecular weight excluding hydrogens is 266 g/mol. The Morgan fingerprint density at radius 2 is 2.11 bits per heavy atom. The Bertz CT molecular complexity index is 606. The molecule has 0 fully saturated rings. The summed E-state index contributed by atoms with van der Waals surface area (Å²) in [6.45, 7) is 2.37. The molecule has 0 aliphatic carbocycles. The quantitative estimate of drug-likeness (QED) is 0.929. The molecule has 0 saturated heterocycles. The van der Waals surface area contributed by atoms with Crippen LogP contribution in [0, 0.1) is 6.92 Å². The number of benzene rings is 1. The summed E-state index contributed by atoms with van der Waals surface area (Å²) in [6, 6.07) is 8.57. The summed E-state index contributed by atoms with van der Waals surface area (Å²) in [5.74, 6) is 0.615. The van der Waals surface area contributed by atoms with E-state index in [0.717, 1.165) is 11.5 Å². The Morgan fingerprint density at radius 3 is 2.68 bits per heavy atom. The lowest BCUT2D eigenvalue weighted by Crippen LogP contribution is -2.19. The summed E-state index contributed by atoms with van der Waals surface area (Å²) in [6.07, 6.45) is 0. The van der Waals surface area contributed by atoms with Crippen LogP contribution in [0.15, 0.2) is 34.7 Å². The molecule has 2 rings (SSSR count). The fourth-order valence-electron chi connectivity index (χ4n) is 1.90. The lowest BCUT2D eigenvalue weighted by molar-refractivity contribution is 0.0697. The van der Waals surface area contributed by atoms with E-state index in [2.05, 4.69) is 0 Å². The van der Waals surface area contributed by atoms with Gasteiger partial charge in [-0.05, 0) is 37.3 Å². The van der Waals surface area contributed by atoms with Crippen molar-refractivity contribution in [2.45, 2.75) is 13.5 Å². The van der Waals surface area contributed by atoms with Gasteiger partial charge in [-0.2, -0.15) is 0 Å². The standard InChI is InChI=1S/C14H14ClNO3/c1-9-3-5-11(19-9)8-16(2)13-6-4-10(15)7-12(13)14(17)18/h3-7H,8H2,1-2H3,(H,17,18). The number of halogens is 1. The van der Waals surface area contributed by atoms with E-state index in [9.17, 15) is 9.90 Å². The minimum atomic E-state index is -1.00. The molecule has 1 heterocycles. The van der Waals surface area contributed by atoms with Gasteiger partial charge in [0.2, 0.25) is 0 Å². The van der Waals surface area contributed by atoms with Crippen LogP contribution in [-0.4, -0.2) is 18.1 Å². The highest BCUT2D eigenvalue weighted by molar-refractivity contribution is 6.31. The van der Waals surface area contributed by atoms with E-state index in [-0.39, 0.29) is 5.56 Å². The molecule has 2 aromatic rings. The summed E-state index contributed by atoms with van der Waals surface area (Å²) >= 11 is 5.83. The molecule has 100 valence electrons. The molecule has 1 N–H and O–H groups in total. The summed E-state index contributed by atoms with van der Waals surface area (Å²) < 4.78 is 5.48. The zero-order valence-corrected chi connectivity index (χ0v) is 11.4. The van der Waals surface area contributed by atoms with Crippen LogP contribution < -0.4 is 4.90 Å². The summed E-state index contributed by atoms with van der Waals surface area (Å²) in [7, 11) is 1.81. The number of aromatic carboxylic acids is 1. The largest absolute Gasteiger partial charge is 0.478 e. The third kappa shape index (κ3) is 3.09. The Hall–Kier alpha value is -1.94. The number of anilines is 1. The first kappa shape index (κ1) is 13.5. The van der Waals surface area contributed by atoms with Crippen molar-refractivity contribution in [3.8, 4) is 0 Å². The first-order valence-electron chi connectivity index (χ1n) is 5.76. The smallest absolute Gasteiger partial charge is 0.337 e. The van der Waals surface area contributed by atoms with Crippen LogP contribution in [0.3, 0.4) is 0 Å². The van der Waals surface area contributed by atoms with Crippen molar-refractivity contribution in [2.75, 3.05) is 11.9 Å². The monoisotopic (exact) mass is 279 g/mol. The number of aryl methyl sites for hydroxylation is 1. The number of hydrogen-bond acceptors (Lipinski definition) is 3. The summed E-state index contributed by atoms with van der Waals surface area (Å²) in [4.78, 5) is 13.0. The van der Waals surface area contributed by atoms with E-state index in [1.165, 1.54) is 6.07 Å². The van der Waals surface area contributed by atoms with Gasteiger partial charge in [0.1, 0.15) is 11.5 Å². The van der Waals surface area contributed by atoms with Crippen LogP contribution in [0.5, 0.6) is 0 Å². The normalized spacial score (nSPS) is 10.5. The molecule has 0 saturated carbocycles. The first-order valence-corrected chi connectivity index (χ1v) is 6.14. The number of carbonyl (C=O) groups is 1. The molecule has 0 amide bonds.